The average molecular weight is 385 g/mol. The number of anilines is 1. The third-order valence-electron chi connectivity index (χ3n) is 6.11. The van der Waals surface area contributed by atoms with Crippen molar-refractivity contribution >= 4 is 5.82 Å². The second-order valence-electron chi connectivity index (χ2n) is 8.33. The van der Waals surface area contributed by atoms with Gasteiger partial charge in [0.1, 0.15) is 5.82 Å². The molecule has 0 amide bonds. The van der Waals surface area contributed by atoms with Gasteiger partial charge >= 0.3 is 0 Å². The van der Waals surface area contributed by atoms with Crippen molar-refractivity contribution in [1.29, 1.82) is 0 Å². The van der Waals surface area contributed by atoms with Crippen LogP contribution >= 0.6 is 0 Å². The van der Waals surface area contributed by atoms with Crippen molar-refractivity contribution in [3.8, 4) is 11.3 Å². The first kappa shape index (κ1) is 19.4. The summed E-state index contributed by atoms with van der Waals surface area (Å²) in [4.78, 5) is 7.09. The van der Waals surface area contributed by atoms with Crippen LogP contribution in [0.25, 0.3) is 11.3 Å². The molecule has 0 spiro atoms. The monoisotopic (exact) mass is 384 g/mol. The first-order chi connectivity index (χ1) is 13.6. The first-order valence-corrected chi connectivity index (χ1v) is 10.6. The van der Waals surface area contributed by atoms with Gasteiger partial charge in [0.05, 0.1) is 17.4 Å². The van der Waals surface area contributed by atoms with Gasteiger partial charge in [-0.2, -0.15) is 0 Å². The number of rotatable bonds is 5. The topological polar surface area (TPSA) is 63.4 Å². The molecule has 2 atom stereocenters. The number of methoxy groups -OCH3 is 1. The highest BCUT2D eigenvalue weighted by Crippen LogP contribution is 2.32. The molecule has 1 saturated carbocycles. The Kier molecular flexibility index (Phi) is 5.97. The molecule has 2 unspecified atom stereocenters. The Labute approximate surface area is 167 Å². The van der Waals surface area contributed by atoms with Crippen LogP contribution in [-0.2, 0) is 4.74 Å². The van der Waals surface area contributed by atoms with Crippen LogP contribution < -0.4 is 10.2 Å². The molecule has 1 aliphatic carbocycles. The van der Waals surface area contributed by atoms with Crippen LogP contribution in [0, 0.1) is 13.8 Å². The van der Waals surface area contributed by atoms with Gasteiger partial charge in [-0.3, -0.25) is 0 Å². The van der Waals surface area contributed by atoms with Crippen LogP contribution in [0.2, 0.25) is 0 Å². The van der Waals surface area contributed by atoms with Gasteiger partial charge in [0.15, 0.2) is 5.76 Å². The molecule has 3 heterocycles. The highest BCUT2D eigenvalue weighted by Gasteiger charge is 2.33. The molecule has 2 aromatic heterocycles. The molecular weight excluding hydrogens is 352 g/mol. The van der Waals surface area contributed by atoms with Gasteiger partial charge in [-0.15, -0.1) is 0 Å². The number of nitrogens with zero attached hydrogens (tertiary/aromatic N) is 3. The molecular formula is C22H32N4O2. The fraction of sp³-hybridized carbons (Fsp3) is 0.636. The maximum Gasteiger partial charge on any atom is 0.170 e. The maximum atomic E-state index is 5.90. The van der Waals surface area contributed by atoms with Crippen molar-refractivity contribution < 1.29 is 9.26 Å². The molecule has 4 rings (SSSR count). The van der Waals surface area contributed by atoms with Crippen LogP contribution in [0.5, 0.6) is 0 Å². The Hall–Kier alpha value is -1.92. The fourth-order valence-corrected chi connectivity index (χ4v) is 4.60. The van der Waals surface area contributed by atoms with Crippen molar-refractivity contribution in [2.24, 2.45) is 0 Å². The van der Waals surface area contributed by atoms with E-state index in [1.165, 1.54) is 32.1 Å². The van der Waals surface area contributed by atoms with Gasteiger partial charge in [-0.1, -0.05) is 24.4 Å². The van der Waals surface area contributed by atoms with Crippen LogP contribution in [0.3, 0.4) is 0 Å². The Balaban J connectivity index is 1.51. The number of hydrogen-bond donors (Lipinski definition) is 1. The van der Waals surface area contributed by atoms with E-state index >= 15 is 0 Å². The highest BCUT2D eigenvalue weighted by atomic mass is 16.5. The number of nitrogens with one attached hydrogen (secondary N) is 1. The van der Waals surface area contributed by atoms with Crippen molar-refractivity contribution in [2.75, 3.05) is 25.1 Å². The number of pyridine rings is 1. The molecule has 2 fully saturated rings. The normalized spacial score (nSPS) is 23.9. The number of aromatic nitrogens is 2. The second-order valence-corrected chi connectivity index (χ2v) is 8.33. The summed E-state index contributed by atoms with van der Waals surface area (Å²) in [6.45, 7) is 5.79. The van der Waals surface area contributed by atoms with E-state index in [9.17, 15) is 0 Å². The molecule has 2 aliphatic rings. The van der Waals surface area contributed by atoms with Gasteiger partial charge in [0.2, 0.25) is 0 Å². The van der Waals surface area contributed by atoms with E-state index in [0.717, 1.165) is 47.9 Å². The zero-order valence-corrected chi connectivity index (χ0v) is 17.3. The second kappa shape index (κ2) is 8.62. The molecule has 152 valence electrons. The number of piperidine rings is 1. The van der Waals surface area contributed by atoms with E-state index in [1.807, 2.05) is 26.3 Å². The van der Waals surface area contributed by atoms with E-state index in [-0.39, 0.29) is 6.10 Å². The third kappa shape index (κ3) is 4.23. The maximum absolute atomic E-state index is 5.90. The molecule has 0 radical (unpaired) electrons. The van der Waals surface area contributed by atoms with Crippen LogP contribution in [-0.4, -0.2) is 48.5 Å². The van der Waals surface area contributed by atoms with Gasteiger partial charge in [-0.05, 0) is 44.7 Å². The Morgan fingerprint density at radius 1 is 1.14 bits per heavy atom. The standard InChI is InChI=1S/C22H32N4O2/c1-15-11-18(20-12-16(2)25-28-20)22(23-13-15)26-10-9-19(21(14-26)27-3)24-17-7-5-4-6-8-17/h11-13,17,19,21,24H,4-10,14H2,1-3H3. The SMILES string of the molecule is COC1CN(c2ncc(C)cc2-c2cc(C)no2)CCC1NC1CCCCC1. The fourth-order valence-electron chi connectivity index (χ4n) is 4.60. The molecule has 1 saturated heterocycles. The summed E-state index contributed by atoms with van der Waals surface area (Å²) in [7, 11) is 1.83. The Morgan fingerprint density at radius 2 is 1.96 bits per heavy atom. The van der Waals surface area contributed by atoms with E-state index in [0.29, 0.717) is 12.1 Å². The van der Waals surface area contributed by atoms with Gasteiger partial charge in [0, 0.05) is 44.5 Å². The van der Waals surface area contributed by atoms with Crippen molar-refractivity contribution in [3.05, 3.63) is 29.6 Å². The molecule has 6 heteroatoms. The van der Waals surface area contributed by atoms with E-state index in [4.69, 9.17) is 14.2 Å². The Morgan fingerprint density at radius 3 is 2.68 bits per heavy atom. The minimum Gasteiger partial charge on any atom is -0.378 e. The summed E-state index contributed by atoms with van der Waals surface area (Å²) < 4.78 is 11.5. The third-order valence-corrected chi connectivity index (χ3v) is 6.11. The lowest BCUT2D eigenvalue weighted by molar-refractivity contribution is 0.0534. The van der Waals surface area contributed by atoms with E-state index in [2.05, 4.69) is 28.4 Å². The smallest absolute Gasteiger partial charge is 0.170 e. The Bertz CT molecular complexity index is 785. The minimum atomic E-state index is 0.156. The predicted octanol–water partition coefficient (Wildman–Crippen LogP) is 3.87. The molecule has 0 aromatic carbocycles. The average Bonchev–Trinajstić information content (AvgIpc) is 3.15. The van der Waals surface area contributed by atoms with Crippen molar-refractivity contribution in [1.82, 2.24) is 15.5 Å². The van der Waals surface area contributed by atoms with Crippen LogP contribution in [0.4, 0.5) is 5.82 Å². The quantitative estimate of drug-likeness (QED) is 0.844. The lowest BCUT2D eigenvalue weighted by Gasteiger charge is -2.41. The lowest BCUT2D eigenvalue weighted by atomic mass is 9.92. The number of aryl methyl sites for hydroxylation is 2. The lowest BCUT2D eigenvalue weighted by Crippen LogP contribution is -2.56. The summed E-state index contributed by atoms with van der Waals surface area (Å²) in [5.74, 6) is 1.74. The number of hydrogen-bond acceptors (Lipinski definition) is 6. The summed E-state index contributed by atoms with van der Waals surface area (Å²) >= 11 is 0. The minimum absolute atomic E-state index is 0.156. The van der Waals surface area contributed by atoms with Gasteiger partial charge in [-0.25, -0.2) is 4.98 Å². The molecule has 1 aliphatic heterocycles. The van der Waals surface area contributed by atoms with Crippen molar-refractivity contribution in [3.63, 3.8) is 0 Å². The number of ether oxygens (including phenoxy) is 1. The largest absolute Gasteiger partial charge is 0.378 e. The summed E-state index contributed by atoms with van der Waals surface area (Å²) in [5, 5.41) is 7.95. The highest BCUT2D eigenvalue weighted by molar-refractivity contribution is 5.73. The van der Waals surface area contributed by atoms with E-state index < -0.39 is 0 Å². The molecule has 6 nitrogen and oxygen atoms in total. The van der Waals surface area contributed by atoms with Crippen molar-refractivity contribution in [2.45, 2.75) is 70.6 Å². The first-order valence-electron chi connectivity index (χ1n) is 10.6. The van der Waals surface area contributed by atoms with Gasteiger partial charge < -0.3 is 19.5 Å². The summed E-state index contributed by atoms with van der Waals surface area (Å²) in [6, 6.07) is 5.17. The van der Waals surface area contributed by atoms with E-state index in [1.54, 1.807) is 0 Å². The summed E-state index contributed by atoms with van der Waals surface area (Å²) in [5.41, 5.74) is 3.01. The van der Waals surface area contributed by atoms with Crippen LogP contribution in [0.1, 0.15) is 49.8 Å². The molecule has 1 N–H and O–H groups in total. The van der Waals surface area contributed by atoms with Gasteiger partial charge in [0.25, 0.3) is 0 Å². The zero-order chi connectivity index (χ0) is 19.5. The predicted molar refractivity (Wildman–Crippen MR) is 111 cm³/mol. The summed E-state index contributed by atoms with van der Waals surface area (Å²) in [6.07, 6.45) is 9.81. The molecule has 28 heavy (non-hydrogen) atoms. The molecule has 0 bridgehead atoms. The van der Waals surface area contributed by atoms with Crippen LogP contribution in [0.15, 0.2) is 22.9 Å². The molecule has 2 aromatic rings. The zero-order valence-electron chi connectivity index (χ0n) is 17.3.